The summed E-state index contributed by atoms with van der Waals surface area (Å²) in [6.07, 6.45) is -4.71. The summed E-state index contributed by atoms with van der Waals surface area (Å²) >= 11 is 0. The van der Waals surface area contributed by atoms with Crippen molar-refractivity contribution in [2.45, 2.75) is 18.6 Å². The van der Waals surface area contributed by atoms with E-state index in [4.69, 9.17) is 10.8 Å². The largest absolute Gasteiger partial charge is 0.481 e. The lowest BCUT2D eigenvalue weighted by molar-refractivity contribution is -0.138. The van der Waals surface area contributed by atoms with Crippen LogP contribution in [-0.2, 0) is 11.0 Å². The first-order chi connectivity index (χ1) is 7.30. The SMILES string of the molecule is Cl.N[C@H](CC(=O)O)c1ccc(C(F)(F)F)cc1. The smallest absolute Gasteiger partial charge is 0.416 e. The summed E-state index contributed by atoms with van der Waals surface area (Å²) in [6, 6.07) is 3.36. The molecule has 1 rings (SSSR count). The number of rotatable bonds is 3. The van der Waals surface area contributed by atoms with Crippen molar-refractivity contribution in [1.82, 2.24) is 0 Å². The summed E-state index contributed by atoms with van der Waals surface area (Å²) < 4.78 is 36.6. The van der Waals surface area contributed by atoms with Crippen molar-refractivity contribution in [2.24, 2.45) is 5.73 Å². The van der Waals surface area contributed by atoms with Gasteiger partial charge in [-0.15, -0.1) is 12.4 Å². The van der Waals surface area contributed by atoms with Gasteiger partial charge in [-0.2, -0.15) is 13.2 Å². The minimum atomic E-state index is -4.39. The van der Waals surface area contributed by atoms with Crippen molar-refractivity contribution in [3.63, 3.8) is 0 Å². The molecule has 0 heterocycles. The Labute approximate surface area is 102 Å². The maximum Gasteiger partial charge on any atom is 0.416 e. The highest BCUT2D eigenvalue weighted by atomic mass is 35.5. The van der Waals surface area contributed by atoms with Gasteiger partial charge >= 0.3 is 12.1 Å². The Hall–Kier alpha value is -1.27. The first kappa shape index (κ1) is 15.7. The molecule has 0 aliphatic rings. The predicted octanol–water partition coefficient (Wildman–Crippen LogP) is 2.60. The lowest BCUT2D eigenvalue weighted by atomic mass is 10.0. The fraction of sp³-hybridized carbons (Fsp3) is 0.300. The van der Waals surface area contributed by atoms with E-state index in [1.165, 1.54) is 12.1 Å². The number of carbonyl (C=O) groups is 1. The van der Waals surface area contributed by atoms with E-state index in [9.17, 15) is 18.0 Å². The normalized spacial score (nSPS) is 12.7. The van der Waals surface area contributed by atoms with Gasteiger partial charge in [-0.1, -0.05) is 12.1 Å². The third-order valence-corrected chi connectivity index (χ3v) is 2.06. The van der Waals surface area contributed by atoms with E-state index in [1.54, 1.807) is 0 Å². The zero-order chi connectivity index (χ0) is 12.3. The van der Waals surface area contributed by atoms with Gasteiger partial charge in [0.15, 0.2) is 0 Å². The van der Waals surface area contributed by atoms with Crippen molar-refractivity contribution in [1.29, 1.82) is 0 Å². The van der Waals surface area contributed by atoms with Crippen LogP contribution in [0.1, 0.15) is 23.6 Å². The number of carboxylic acids is 1. The summed E-state index contributed by atoms with van der Waals surface area (Å²) in [6.45, 7) is 0. The van der Waals surface area contributed by atoms with Crippen LogP contribution >= 0.6 is 12.4 Å². The molecule has 1 atom stereocenters. The molecule has 96 valence electrons. The van der Waals surface area contributed by atoms with E-state index in [-0.39, 0.29) is 18.8 Å². The number of hydrogen-bond donors (Lipinski definition) is 2. The highest BCUT2D eigenvalue weighted by Crippen LogP contribution is 2.29. The standard InChI is InChI=1S/C10H10F3NO2.ClH/c11-10(12,13)7-3-1-6(2-4-7)8(14)5-9(15)16;/h1-4,8H,5,14H2,(H,15,16);1H/t8-;/m1./s1. The molecule has 7 heteroatoms. The number of nitrogens with two attached hydrogens (primary N) is 1. The van der Waals surface area contributed by atoms with Gasteiger partial charge in [0.25, 0.3) is 0 Å². The number of alkyl halides is 3. The number of aliphatic carboxylic acids is 1. The molecule has 0 saturated heterocycles. The minimum absolute atomic E-state index is 0. The van der Waals surface area contributed by atoms with Crippen molar-refractivity contribution < 1.29 is 23.1 Å². The van der Waals surface area contributed by atoms with Crippen LogP contribution in [0, 0.1) is 0 Å². The van der Waals surface area contributed by atoms with Crippen LogP contribution in [0.25, 0.3) is 0 Å². The maximum atomic E-state index is 12.2. The predicted molar refractivity (Wildman–Crippen MR) is 57.9 cm³/mol. The van der Waals surface area contributed by atoms with Gasteiger partial charge < -0.3 is 10.8 Å². The van der Waals surface area contributed by atoms with Gasteiger partial charge in [-0.25, -0.2) is 0 Å². The topological polar surface area (TPSA) is 63.3 Å². The highest BCUT2D eigenvalue weighted by Gasteiger charge is 2.30. The summed E-state index contributed by atoms with van der Waals surface area (Å²) in [5, 5.41) is 8.47. The molecule has 0 saturated carbocycles. The van der Waals surface area contributed by atoms with Crippen LogP contribution in [-0.4, -0.2) is 11.1 Å². The lowest BCUT2D eigenvalue weighted by Gasteiger charge is -2.11. The average molecular weight is 270 g/mol. The molecule has 0 aliphatic carbocycles. The zero-order valence-corrected chi connectivity index (χ0v) is 9.39. The van der Waals surface area contributed by atoms with Gasteiger partial charge in [0.1, 0.15) is 0 Å². The zero-order valence-electron chi connectivity index (χ0n) is 8.57. The first-order valence-electron chi connectivity index (χ1n) is 4.45. The minimum Gasteiger partial charge on any atom is -0.481 e. The van der Waals surface area contributed by atoms with Crippen molar-refractivity contribution in [3.8, 4) is 0 Å². The van der Waals surface area contributed by atoms with E-state index in [2.05, 4.69) is 0 Å². The molecule has 1 aromatic rings. The molecular formula is C10H11ClF3NO2. The van der Waals surface area contributed by atoms with Crippen molar-refractivity contribution in [3.05, 3.63) is 35.4 Å². The average Bonchev–Trinajstić information content (AvgIpc) is 2.15. The third kappa shape index (κ3) is 4.62. The van der Waals surface area contributed by atoms with Crippen LogP contribution in [0.4, 0.5) is 13.2 Å². The number of benzene rings is 1. The molecule has 0 aliphatic heterocycles. The summed E-state index contributed by atoms with van der Waals surface area (Å²) in [5.41, 5.74) is 5.08. The molecule has 0 aromatic heterocycles. The molecule has 17 heavy (non-hydrogen) atoms. The van der Waals surface area contributed by atoms with Crippen LogP contribution in [0.3, 0.4) is 0 Å². The summed E-state index contributed by atoms with van der Waals surface area (Å²) in [4.78, 5) is 10.3. The molecule has 3 N–H and O–H groups in total. The Morgan fingerprint density at radius 1 is 1.29 bits per heavy atom. The Balaban J connectivity index is 0.00000256. The molecule has 0 spiro atoms. The second kappa shape index (κ2) is 5.88. The van der Waals surface area contributed by atoms with Crippen molar-refractivity contribution in [2.75, 3.05) is 0 Å². The highest BCUT2D eigenvalue weighted by molar-refractivity contribution is 5.85. The summed E-state index contributed by atoms with van der Waals surface area (Å²) in [5.74, 6) is -1.09. The second-order valence-electron chi connectivity index (χ2n) is 3.32. The van der Waals surface area contributed by atoms with E-state index >= 15 is 0 Å². The number of hydrogen-bond acceptors (Lipinski definition) is 2. The van der Waals surface area contributed by atoms with Gasteiger partial charge in [0.2, 0.25) is 0 Å². The molecule has 0 unspecified atom stereocenters. The van der Waals surface area contributed by atoms with E-state index in [0.717, 1.165) is 12.1 Å². The van der Waals surface area contributed by atoms with Gasteiger partial charge in [0.05, 0.1) is 12.0 Å². The Bertz CT molecular complexity index is 378. The summed E-state index contributed by atoms with van der Waals surface area (Å²) in [7, 11) is 0. The first-order valence-corrected chi connectivity index (χ1v) is 4.45. The second-order valence-corrected chi connectivity index (χ2v) is 3.32. The van der Waals surface area contributed by atoms with E-state index in [1.807, 2.05) is 0 Å². The molecule has 3 nitrogen and oxygen atoms in total. The Morgan fingerprint density at radius 3 is 2.12 bits per heavy atom. The Kier molecular flexibility index (Phi) is 5.44. The van der Waals surface area contributed by atoms with Crippen LogP contribution in [0.15, 0.2) is 24.3 Å². The van der Waals surface area contributed by atoms with Crippen molar-refractivity contribution >= 4 is 18.4 Å². The quantitative estimate of drug-likeness (QED) is 0.886. The molecule has 1 aromatic carbocycles. The fourth-order valence-corrected chi connectivity index (χ4v) is 1.23. The molecule has 0 fully saturated rings. The van der Waals surface area contributed by atoms with Gasteiger partial charge in [0, 0.05) is 6.04 Å². The van der Waals surface area contributed by atoms with Gasteiger partial charge in [-0.05, 0) is 17.7 Å². The van der Waals surface area contributed by atoms with E-state index in [0.29, 0.717) is 5.56 Å². The number of halogens is 4. The van der Waals surface area contributed by atoms with Gasteiger partial charge in [-0.3, -0.25) is 4.79 Å². The fourth-order valence-electron chi connectivity index (χ4n) is 1.23. The van der Waals surface area contributed by atoms with E-state index < -0.39 is 23.8 Å². The molecule has 0 radical (unpaired) electrons. The lowest BCUT2D eigenvalue weighted by Crippen LogP contribution is -2.15. The monoisotopic (exact) mass is 269 g/mol. The molecule has 0 amide bonds. The molecular weight excluding hydrogens is 259 g/mol. The third-order valence-electron chi connectivity index (χ3n) is 2.06. The van der Waals surface area contributed by atoms with Crippen LogP contribution in [0.5, 0.6) is 0 Å². The van der Waals surface area contributed by atoms with Crippen LogP contribution < -0.4 is 5.73 Å². The molecule has 0 bridgehead atoms. The Morgan fingerprint density at radius 2 is 1.76 bits per heavy atom. The maximum absolute atomic E-state index is 12.2. The van der Waals surface area contributed by atoms with Crippen LogP contribution in [0.2, 0.25) is 0 Å². The number of carboxylic acid groups (broad SMARTS) is 1.